The first-order valence-electron chi connectivity index (χ1n) is 17.0. The Bertz CT molecular complexity index is 2560. The van der Waals surface area contributed by atoms with Gasteiger partial charge in [0.2, 0.25) is 0 Å². The fourth-order valence-corrected chi connectivity index (χ4v) is 7.10. The van der Waals surface area contributed by atoms with Crippen molar-refractivity contribution in [3.8, 4) is 44.7 Å². The smallest absolute Gasteiger partial charge is 0.135 e. The van der Waals surface area contributed by atoms with Crippen molar-refractivity contribution in [3.63, 3.8) is 0 Å². The van der Waals surface area contributed by atoms with Crippen molar-refractivity contribution in [3.05, 3.63) is 200 Å². The maximum atomic E-state index is 6.30. The summed E-state index contributed by atoms with van der Waals surface area (Å²) >= 11 is 0. The van der Waals surface area contributed by atoms with Gasteiger partial charge in [0.1, 0.15) is 11.3 Å². The Balaban J connectivity index is 1.16. The van der Waals surface area contributed by atoms with Gasteiger partial charge in [0.05, 0.1) is 5.69 Å². The Labute approximate surface area is 292 Å². The van der Waals surface area contributed by atoms with Gasteiger partial charge in [-0.15, -0.1) is 0 Å². The predicted molar refractivity (Wildman–Crippen MR) is 210 cm³/mol. The molecule has 0 aliphatic heterocycles. The van der Waals surface area contributed by atoms with Crippen LogP contribution in [0.15, 0.2) is 205 Å². The summed E-state index contributed by atoms with van der Waals surface area (Å²) in [5.74, 6) is 0.855. The van der Waals surface area contributed by atoms with Crippen molar-refractivity contribution in [1.29, 1.82) is 0 Å². The first-order chi connectivity index (χ1) is 24.8. The van der Waals surface area contributed by atoms with Crippen molar-refractivity contribution in [1.82, 2.24) is 0 Å². The van der Waals surface area contributed by atoms with Gasteiger partial charge in [-0.25, -0.2) is 0 Å². The van der Waals surface area contributed by atoms with Crippen molar-refractivity contribution < 1.29 is 4.42 Å². The quantitative estimate of drug-likeness (QED) is 0.173. The Morgan fingerprint density at radius 2 is 0.900 bits per heavy atom. The minimum Gasteiger partial charge on any atom is -0.456 e. The van der Waals surface area contributed by atoms with Crippen LogP contribution in [0.2, 0.25) is 0 Å². The molecule has 0 radical (unpaired) electrons. The van der Waals surface area contributed by atoms with Crippen LogP contribution < -0.4 is 4.90 Å². The molecule has 9 rings (SSSR count). The zero-order valence-electron chi connectivity index (χ0n) is 27.4. The van der Waals surface area contributed by atoms with Gasteiger partial charge < -0.3 is 9.32 Å². The molecule has 0 aliphatic carbocycles. The van der Waals surface area contributed by atoms with Crippen molar-refractivity contribution >= 4 is 38.8 Å². The molecule has 0 unspecified atom stereocenters. The summed E-state index contributed by atoms with van der Waals surface area (Å²) in [7, 11) is 0. The molecule has 50 heavy (non-hydrogen) atoms. The van der Waals surface area contributed by atoms with Crippen molar-refractivity contribution in [2.45, 2.75) is 0 Å². The van der Waals surface area contributed by atoms with Crippen LogP contribution in [0.3, 0.4) is 0 Å². The molecule has 0 aliphatic rings. The standard InChI is InChI=1S/C48H33NO/c1-2-14-34(15-3-1)41-21-7-9-24-44(41)45-25-10-8-22-42(45)36-28-30-39(31-29-36)49(46-26-13-18-35-16-4-6-23-43(35)46)40-20-12-19-37(32-40)48-33-38-17-5-11-27-47(38)50-48/h1-33H. The maximum absolute atomic E-state index is 6.30. The molecule has 236 valence electrons. The number of fused-ring (bicyclic) bond motifs is 2. The van der Waals surface area contributed by atoms with Gasteiger partial charge in [-0.2, -0.15) is 0 Å². The molecule has 1 aromatic heterocycles. The van der Waals surface area contributed by atoms with Gasteiger partial charge in [-0.3, -0.25) is 0 Å². The first kappa shape index (κ1) is 29.5. The van der Waals surface area contributed by atoms with Crippen LogP contribution in [0.1, 0.15) is 0 Å². The van der Waals surface area contributed by atoms with Crippen LogP contribution in [0.5, 0.6) is 0 Å². The van der Waals surface area contributed by atoms with Crippen LogP contribution in [0.4, 0.5) is 17.1 Å². The number of hydrogen-bond donors (Lipinski definition) is 0. The van der Waals surface area contributed by atoms with E-state index in [9.17, 15) is 0 Å². The van der Waals surface area contributed by atoms with E-state index in [-0.39, 0.29) is 0 Å². The fourth-order valence-electron chi connectivity index (χ4n) is 7.10. The molecule has 2 nitrogen and oxygen atoms in total. The van der Waals surface area contributed by atoms with E-state index in [2.05, 4.69) is 187 Å². The fraction of sp³-hybridized carbons (Fsp3) is 0. The number of anilines is 3. The highest BCUT2D eigenvalue weighted by Crippen LogP contribution is 2.43. The third kappa shape index (κ3) is 5.43. The van der Waals surface area contributed by atoms with Crippen LogP contribution in [-0.2, 0) is 0 Å². The van der Waals surface area contributed by atoms with Gasteiger partial charge in [-0.05, 0) is 81.2 Å². The van der Waals surface area contributed by atoms with E-state index in [1.54, 1.807) is 0 Å². The molecule has 0 bridgehead atoms. The van der Waals surface area contributed by atoms with Gasteiger partial charge in [0, 0.05) is 27.7 Å². The third-order valence-corrected chi connectivity index (χ3v) is 9.49. The number of nitrogens with zero attached hydrogens (tertiary/aromatic N) is 1. The van der Waals surface area contributed by atoms with Gasteiger partial charge in [0.25, 0.3) is 0 Å². The van der Waals surface area contributed by atoms with E-state index < -0.39 is 0 Å². The Morgan fingerprint density at radius 1 is 0.340 bits per heavy atom. The maximum Gasteiger partial charge on any atom is 0.135 e. The minimum atomic E-state index is 0.855. The third-order valence-electron chi connectivity index (χ3n) is 9.49. The topological polar surface area (TPSA) is 16.4 Å². The lowest BCUT2D eigenvalue weighted by atomic mass is 9.89. The Morgan fingerprint density at radius 3 is 1.64 bits per heavy atom. The zero-order valence-corrected chi connectivity index (χ0v) is 27.4. The average molecular weight is 640 g/mol. The van der Waals surface area contributed by atoms with Crippen molar-refractivity contribution in [2.24, 2.45) is 0 Å². The summed E-state index contributed by atoms with van der Waals surface area (Å²) in [4.78, 5) is 2.36. The predicted octanol–water partition coefficient (Wildman–Crippen LogP) is 13.7. The summed E-state index contributed by atoms with van der Waals surface area (Å²) < 4.78 is 6.30. The highest BCUT2D eigenvalue weighted by Gasteiger charge is 2.18. The molecule has 0 amide bonds. The number of rotatable bonds is 7. The van der Waals surface area contributed by atoms with E-state index in [0.717, 1.165) is 39.4 Å². The van der Waals surface area contributed by atoms with Crippen LogP contribution in [0, 0.1) is 0 Å². The average Bonchev–Trinajstić information content (AvgIpc) is 3.64. The molecule has 0 fully saturated rings. The van der Waals surface area contributed by atoms with Crippen LogP contribution >= 0.6 is 0 Å². The largest absolute Gasteiger partial charge is 0.456 e. The molecule has 2 heteroatoms. The lowest BCUT2D eigenvalue weighted by molar-refractivity contribution is 0.631. The molecule has 0 saturated heterocycles. The van der Waals surface area contributed by atoms with Crippen LogP contribution in [-0.4, -0.2) is 0 Å². The summed E-state index contributed by atoms with van der Waals surface area (Å²) in [5, 5.41) is 3.49. The molecule has 1 heterocycles. The normalized spacial score (nSPS) is 11.2. The lowest BCUT2D eigenvalue weighted by Gasteiger charge is -2.27. The molecular formula is C48H33NO. The molecule has 8 aromatic carbocycles. The zero-order chi connectivity index (χ0) is 33.3. The van der Waals surface area contributed by atoms with Gasteiger partial charge >= 0.3 is 0 Å². The summed E-state index contributed by atoms with van der Waals surface area (Å²) in [6.45, 7) is 0. The summed E-state index contributed by atoms with van der Waals surface area (Å²) in [5.41, 5.74) is 12.4. The number of furan rings is 1. The SMILES string of the molecule is c1ccc(-c2ccccc2-c2ccccc2-c2ccc(N(c3cccc(-c4cc5ccccc5o4)c3)c3cccc4ccccc34)cc2)cc1. The lowest BCUT2D eigenvalue weighted by Crippen LogP contribution is -2.10. The highest BCUT2D eigenvalue weighted by atomic mass is 16.3. The second-order valence-corrected chi connectivity index (χ2v) is 12.5. The number of benzene rings is 8. The Kier molecular flexibility index (Phi) is 7.53. The van der Waals surface area contributed by atoms with Gasteiger partial charge in [0.15, 0.2) is 0 Å². The molecule has 0 atom stereocenters. The molecule has 0 saturated carbocycles. The number of hydrogen-bond acceptors (Lipinski definition) is 2. The van der Waals surface area contributed by atoms with E-state index in [1.165, 1.54) is 44.2 Å². The number of para-hydroxylation sites is 1. The minimum absolute atomic E-state index is 0.855. The van der Waals surface area contributed by atoms with Crippen LogP contribution in [0.25, 0.3) is 66.4 Å². The summed E-state index contributed by atoms with van der Waals surface area (Å²) in [6.07, 6.45) is 0. The Hall–Kier alpha value is -6.64. The van der Waals surface area contributed by atoms with Gasteiger partial charge in [-0.1, -0.05) is 158 Å². The highest BCUT2D eigenvalue weighted by molar-refractivity contribution is 5.99. The second-order valence-electron chi connectivity index (χ2n) is 12.5. The first-order valence-corrected chi connectivity index (χ1v) is 17.0. The van der Waals surface area contributed by atoms with E-state index in [1.807, 2.05) is 18.2 Å². The van der Waals surface area contributed by atoms with E-state index >= 15 is 0 Å². The monoisotopic (exact) mass is 639 g/mol. The molecular weight excluding hydrogens is 607 g/mol. The second kappa shape index (κ2) is 12.8. The van der Waals surface area contributed by atoms with Crippen molar-refractivity contribution in [2.75, 3.05) is 4.90 Å². The molecule has 0 spiro atoms. The van der Waals surface area contributed by atoms with E-state index in [4.69, 9.17) is 4.42 Å². The molecule has 0 N–H and O–H groups in total. The summed E-state index contributed by atoms with van der Waals surface area (Å²) in [6, 6.07) is 71.1. The van der Waals surface area contributed by atoms with E-state index in [0.29, 0.717) is 0 Å². The molecule has 9 aromatic rings.